The van der Waals surface area contributed by atoms with Crippen molar-refractivity contribution in [1.29, 1.82) is 0 Å². The molecule has 2 rings (SSSR count). The highest BCUT2D eigenvalue weighted by atomic mass is 16.2. The summed E-state index contributed by atoms with van der Waals surface area (Å²) in [6.07, 6.45) is 0. The van der Waals surface area contributed by atoms with Gasteiger partial charge in [0, 0.05) is 31.9 Å². The van der Waals surface area contributed by atoms with Gasteiger partial charge >= 0.3 is 6.03 Å². The highest BCUT2D eigenvalue weighted by Gasteiger charge is 2.05. The Balaban J connectivity index is 1.71. The normalized spacial score (nSPS) is 10.2. The lowest BCUT2D eigenvalue weighted by atomic mass is 10.4. The van der Waals surface area contributed by atoms with E-state index in [1.807, 2.05) is 38.1 Å². The molecule has 0 atom stereocenters. The standard InChI is InChI=1S/C14H20N6O/c1-10-5-4-6-12(17-10)15-7-8-16-14(21)18-13-9-11(2)19-20(13)3/h4-6,9H,7-8H2,1-3H3,(H,15,17)(H2,16,18,21). The molecule has 0 fully saturated rings. The van der Waals surface area contributed by atoms with Crippen LogP contribution in [-0.2, 0) is 7.05 Å². The van der Waals surface area contributed by atoms with Gasteiger partial charge < -0.3 is 10.6 Å². The minimum Gasteiger partial charge on any atom is -0.368 e. The molecular formula is C14H20N6O. The first-order valence-corrected chi connectivity index (χ1v) is 6.77. The summed E-state index contributed by atoms with van der Waals surface area (Å²) in [5.74, 6) is 1.47. The van der Waals surface area contributed by atoms with Gasteiger partial charge in [0.15, 0.2) is 0 Å². The molecule has 2 amide bonds. The molecule has 7 heteroatoms. The number of carbonyl (C=O) groups is 1. The number of rotatable bonds is 5. The monoisotopic (exact) mass is 288 g/mol. The fourth-order valence-electron chi connectivity index (χ4n) is 1.90. The van der Waals surface area contributed by atoms with Crippen LogP contribution in [0.25, 0.3) is 0 Å². The summed E-state index contributed by atoms with van der Waals surface area (Å²) in [4.78, 5) is 16.1. The summed E-state index contributed by atoms with van der Waals surface area (Å²) in [5, 5.41) is 12.8. The number of aryl methyl sites for hydroxylation is 3. The molecule has 0 aliphatic carbocycles. The average molecular weight is 288 g/mol. The van der Waals surface area contributed by atoms with Gasteiger partial charge in [-0.2, -0.15) is 5.10 Å². The van der Waals surface area contributed by atoms with Crippen LogP contribution in [0.3, 0.4) is 0 Å². The van der Waals surface area contributed by atoms with E-state index in [4.69, 9.17) is 0 Å². The predicted octanol–water partition coefficient (Wildman–Crippen LogP) is 1.67. The topological polar surface area (TPSA) is 83.9 Å². The number of anilines is 2. The maximum Gasteiger partial charge on any atom is 0.320 e. The van der Waals surface area contributed by atoms with Crippen LogP contribution in [0, 0.1) is 13.8 Å². The van der Waals surface area contributed by atoms with Crippen molar-refractivity contribution in [2.75, 3.05) is 23.7 Å². The Morgan fingerprint density at radius 3 is 2.71 bits per heavy atom. The number of aromatic nitrogens is 3. The van der Waals surface area contributed by atoms with Crippen LogP contribution in [0.4, 0.5) is 16.4 Å². The van der Waals surface area contributed by atoms with Crippen molar-refractivity contribution in [1.82, 2.24) is 20.1 Å². The molecule has 2 aromatic rings. The molecule has 0 radical (unpaired) electrons. The summed E-state index contributed by atoms with van der Waals surface area (Å²) in [6.45, 7) is 4.92. The Labute approximate surface area is 123 Å². The maximum atomic E-state index is 11.7. The SMILES string of the molecule is Cc1cccc(NCCNC(=O)Nc2cc(C)nn2C)n1. The molecule has 0 spiro atoms. The van der Waals surface area contributed by atoms with E-state index in [9.17, 15) is 4.79 Å². The first kappa shape index (κ1) is 14.8. The van der Waals surface area contributed by atoms with Crippen molar-refractivity contribution < 1.29 is 4.79 Å². The molecule has 2 heterocycles. The molecule has 21 heavy (non-hydrogen) atoms. The highest BCUT2D eigenvalue weighted by molar-refractivity contribution is 5.88. The molecule has 0 aromatic carbocycles. The van der Waals surface area contributed by atoms with Crippen LogP contribution in [0.1, 0.15) is 11.4 Å². The second kappa shape index (κ2) is 6.74. The molecule has 0 unspecified atom stereocenters. The van der Waals surface area contributed by atoms with Crippen LogP contribution in [0.15, 0.2) is 24.3 Å². The molecule has 0 saturated carbocycles. The van der Waals surface area contributed by atoms with Crippen LogP contribution >= 0.6 is 0 Å². The lowest BCUT2D eigenvalue weighted by molar-refractivity contribution is 0.252. The number of amides is 2. The maximum absolute atomic E-state index is 11.7. The van der Waals surface area contributed by atoms with Gasteiger partial charge in [-0.15, -0.1) is 0 Å². The van der Waals surface area contributed by atoms with Gasteiger partial charge in [-0.05, 0) is 26.0 Å². The van der Waals surface area contributed by atoms with Crippen molar-refractivity contribution in [2.24, 2.45) is 7.05 Å². The number of hydrogen-bond acceptors (Lipinski definition) is 4. The van der Waals surface area contributed by atoms with Gasteiger partial charge in [0.2, 0.25) is 0 Å². The molecule has 7 nitrogen and oxygen atoms in total. The second-order valence-electron chi connectivity index (χ2n) is 4.77. The fraction of sp³-hybridized carbons (Fsp3) is 0.357. The molecular weight excluding hydrogens is 268 g/mol. The van der Waals surface area contributed by atoms with Gasteiger partial charge in [0.05, 0.1) is 5.69 Å². The van der Waals surface area contributed by atoms with Crippen molar-refractivity contribution in [2.45, 2.75) is 13.8 Å². The number of urea groups is 1. The third kappa shape index (κ3) is 4.48. The van der Waals surface area contributed by atoms with Crippen molar-refractivity contribution in [3.8, 4) is 0 Å². The van der Waals surface area contributed by atoms with Crippen molar-refractivity contribution in [3.05, 3.63) is 35.7 Å². The van der Waals surface area contributed by atoms with Gasteiger partial charge in [-0.1, -0.05) is 6.07 Å². The number of carbonyl (C=O) groups excluding carboxylic acids is 1. The lowest BCUT2D eigenvalue weighted by Gasteiger charge is -2.09. The minimum atomic E-state index is -0.253. The van der Waals surface area contributed by atoms with Crippen molar-refractivity contribution in [3.63, 3.8) is 0 Å². The molecule has 0 bridgehead atoms. The predicted molar refractivity (Wildman–Crippen MR) is 82.4 cm³/mol. The molecule has 112 valence electrons. The fourth-order valence-corrected chi connectivity index (χ4v) is 1.90. The van der Waals surface area contributed by atoms with Gasteiger partial charge in [-0.25, -0.2) is 9.78 Å². The summed E-state index contributed by atoms with van der Waals surface area (Å²) in [6, 6.07) is 7.33. The van der Waals surface area contributed by atoms with Gasteiger partial charge in [0.25, 0.3) is 0 Å². The minimum absolute atomic E-state index is 0.253. The van der Waals surface area contributed by atoms with Crippen LogP contribution < -0.4 is 16.0 Å². The zero-order chi connectivity index (χ0) is 15.2. The third-order valence-electron chi connectivity index (χ3n) is 2.85. The number of nitrogens with zero attached hydrogens (tertiary/aromatic N) is 3. The Kier molecular flexibility index (Phi) is 4.76. The van der Waals surface area contributed by atoms with E-state index in [0.29, 0.717) is 18.9 Å². The van der Waals surface area contributed by atoms with Crippen molar-refractivity contribution >= 4 is 17.7 Å². The van der Waals surface area contributed by atoms with E-state index in [2.05, 4.69) is 26.0 Å². The number of nitrogens with one attached hydrogen (secondary N) is 3. The molecule has 3 N–H and O–H groups in total. The summed E-state index contributed by atoms with van der Waals surface area (Å²) >= 11 is 0. The van der Waals surface area contributed by atoms with E-state index in [0.717, 1.165) is 17.2 Å². The quantitative estimate of drug-likeness (QED) is 0.731. The number of hydrogen-bond donors (Lipinski definition) is 3. The van der Waals surface area contributed by atoms with E-state index in [-0.39, 0.29) is 6.03 Å². The molecule has 0 saturated heterocycles. The van der Waals surface area contributed by atoms with E-state index in [1.54, 1.807) is 11.7 Å². The lowest BCUT2D eigenvalue weighted by Crippen LogP contribution is -2.33. The first-order valence-electron chi connectivity index (χ1n) is 6.77. The third-order valence-corrected chi connectivity index (χ3v) is 2.85. The Hall–Kier alpha value is -2.57. The Bertz CT molecular complexity index is 622. The summed E-state index contributed by atoms with van der Waals surface area (Å²) in [7, 11) is 1.79. The highest BCUT2D eigenvalue weighted by Crippen LogP contribution is 2.07. The molecule has 0 aliphatic heterocycles. The van der Waals surface area contributed by atoms with E-state index >= 15 is 0 Å². The van der Waals surface area contributed by atoms with E-state index in [1.165, 1.54) is 0 Å². The zero-order valence-corrected chi connectivity index (χ0v) is 12.5. The van der Waals surface area contributed by atoms with E-state index < -0.39 is 0 Å². The Morgan fingerprint density at radius 1 is 1.24 bits per heavy atom. The Morgan fingerprint density at radius 2 is 2.05 bits per heavy atom. The van der Waals surface area contributed by atoms with Gasteiger partial charge in [0.1, 0.15) is 11.6 Å². The summed E-state index contributed by atoms with van der Waals surface area (Å²) < 4.78 is 1.63. The van der Waals surface area contributed by atoms with Crippen LogP contribution in [-0.4, -0.2) is 33.9 Å². The summed E-state index contributed by atoms with van der Waals surface area (Å²) in [5.41, 5.74) is 1.82. The first-order chi connectivity index (χ1) is 10.0. The van der Waals surface area contributed by atoms with Gasteiger partial charge in [-0.3, -0.25) is 10.00 Å². The van der Waals surface area contributed by atoms with Crippen LogP contribution in [0.2, 0.25) is 0 Å². The van der Waals surface area contributed by atoms with Crippen LogP contribution in [0.5, 0.6) is 0 Å². The number of pyridine rings is 1. The molecule has 2 aromatic heterocycles. The largest absolute Gasteiger partial charge is 0.368 e. The molecule has 0 aliphatic rings. The second-order valence-corrected chi connectivity index (χ2v) is 4.77. The smallest absolute Gasteiger partial charge is 0.320 e. The average Bonchev–Trinajstić information content (AvgIpc) is 2.73. The zero-order valence-electron chi connectivity index (χ0n) is 12.5.